The second kappa shape index (κ2) is 5.34. The number of rotatable bonds is 0. The van der Waals surface area contributed by atoms with Gasteiger partial charge in [0.25, 0.3) is 0 Å². The molecule has 25 heavy (non-hydrogen) atoms. The average Bonchev–Trinajstić information content (AvgIpc) is 2.82. The number of carbonyl (C=O) groups excluding carboxylic acids is 1. The Bertz CT molecular complexity index is 637. The van der Waals surface area contributed by atoms with E-state index in [1.807, 2.05) is 6.92 Å². The standard InChI is InChI=1S/C20H27F3O2/c1-18-10-8-15(24)17(20(21,22)23)14(18)4-3-11-12-5-6-16(25)19(12,2)9-7-13(11)18/h11-13,16,25H,3-10H2,1-2H3/t11-,12-,13-,16-,18+,19-/m0/s1. The lowest BCUT2D eigenvalue weighted by atomic mass is 9.47. The van der Waals surface area contributed by atoms with Crippen LogP contribution < -0.4 is 0 Å². The summed E-state index contributed by atoms with van der Waals surface area (Å²) in [5.74, 6) is 0.291. The molecule has 0 bridgehead atoms. The Balaban J connectivity index is 1.75. The number of ketones is 1. The smallest absolute Gasteiger partial charge is 0.393 e. The predicted molar refractivity (Wildman–Crippen MR) is 87.7 cm³/mol. The average molecular weight is 356 g/mol. The van der Waals surface area contributed by atoms with Crippen LogP contribution >= 0.6 is 0 Å². The van der Waals surface area contributed by atoms with Gasteiger partial charge < -0.3 is 5.11 Å². The molecule has 0 radical (unpaired) electrons. The fourth-order valence-corrected chi connectivity index (χ4v) is 7.02. The van der Waals surface area contributed by atoms with Crippen LogP contribution in [0.3, 0.4) is 0 Å². The summed E-state index contributed by atoms with van der Waals surface area (Å²) >= 11 is 0. The SMILES string of the molecule is C[C@]12CC[C@H]3[C@@H](CCC4=C(C(F)(F)F)C(=O)CC[C@@]43C)[C@@H]1CC[C@@H]2O. The molecule has 5 heteroatoms. The molecular formula is C20H27F3O2. The van der Waals surface area contributed by atoms with Crippen molar-refractivity contribution in [2.75, 3.05) is 0 Å². The normalized spacial score (nSPS) is 47.4. The van der Waals surface area contributed by atoms with E-state index < -0.39 is 22.9 Å². The van der Waals surface area contributed by atoms with Crippen LogP contribution in [-0.4, -0.2) is 23.2 Å². The number of Topliss-reactive ketones (excluding diaryl/α,β-unsaturated/α-hetero) is 1. The highest BCUT2D eigenvalue weighted by Gasteiger charge is 2.60. The summed E-state index contributed by atoms with van der Waals surface area (Å²) in [5.41, 5.74) is -1.02. The summed E-state index contributed by atoms with van der Waals surface area (Å²) in [4.78, 5) is 12.1. The monoisotopic (exact) mass is 356 g/mol. The minimum Gasteiger partial charge on any atom is -0.393 e. The van der Waals surface area contributed by atoms with E-state index in [1.165, 1.54) is 0 Å². The van der Waals surface area contributed by atoms with E-state index in [0.29, 0.717) is 30.3 Å². The largest absolute Gasteiger partial charge is 0.419 e. The molecule has 3 fully saturated rings. The van der Waals surface area contributed by atoms with Gasteiger partial charge in [0, 0.05) is 6.42 Å². The van der Waals surface area contributed by atoms with E-state index >= 15 is 0 Å². The molecule has 1 N–H and O–H groups in total. The Morgan fingerprint density at radius 1 is 1.00 bits per heavy atom. The number of carbonyl (C=O) groups is 1. The molecule has 2 nitrogen and oxygen atoms in total. The van der Waals surface area contributed by atoms with Crippen LogP contribution in [-0.2, 0) is 4.79 Å². The van der Waals surface area contributed by atoms with Crippen molar-refractivity contribution in [2.24, 2.45) is 28.6 Å². The summed E-state index contributed by atoms with van der Waals surface area (Å²) in [6.45, 7) is 4.15. The van der Waals surface area contributed by atoms with Crippen molar-refractivity contribution in [1.82, 2.24) is 0 Å². The fraction of sp³-hybridized carbons (Fsp3) is 0.850. The lowest BCUT2D eigenvalue weighted by Crippen LogP contribution is -2.52. The number of fused-ring (bicyclic) bond motifs is 5. The van der Waals surface area contributed by atoms with Crippen molar-refractivity contribution in [3.05, 3.63) is 11.1 Å². The lowest BCUT2D eigenvalue weighted by Gasteiger charge is -2.58. The summed E-state index contributed by atoms with van der Waals surface area (Å²) < 4.78 is 40.7. The highest BCUT2D eigenvalue weighted by Crippen LogP contribution is 2.66. The maximum Gasteiger partial charge on any atom is 0.419 e. The fourth-order valence-electron chi connectivity index (χ4n) is 7.02. The number of alkyl halides is 3. The van der Waals surface area contributed by atoms with Crippen LogP contribution in [0.1, 0.15) is 65.2 Å². The molecule has 140 valence electrons. The Hall–Kier alpha value is -0.840. The number of hydrogen-bond donors (Lipinski definition) is 1. The summed E-state index contributed by atoms with van der Waals surface area (Å²) in [5, 5.41) is 10.5. The van der Waals surface area contributed by atoms with Gasteiger partial charge in [0.05, 0.1) is 11.7 Å². The van der Waals surface area contributed by atoms with Gasteiger partial charge in [-0.2, -0.15) is 13.2 Å². The number of halogens is 3. The number of hydrogen-bond acceptors (Lipinski definition) is 2. The molecule has 4 aliphatic rings. The molecule has 3 saturated carbocycles. The van der Waals surface area contributed by atoms with Gasteiger partial charge in [0.2, 0.25) is 0 Å². The molecular weight excluding hydrogens is 329 g/mol. The predicted octanol–water partition coefficient (Wildman–Crippen LogP) is 4.81. The van der Waals surface area contributed by atoms with Gasteiger partial charge in [0.15, 0.2) is 5.78 Å². The molecule has 6 atom stereocenters. The van der Waals surface area contributed by atoms with Gasteiger partial charge in [-0.05, 0) is 79.1 Å². The zero-order chi connectivity index (χ0) is 18.2. The van der Waals surface area contributed by atoms with Crippen molar-refractivity contribution < 1.29 is 23.1 Å². The van der Waals surface area contributed by atoms with Crippen molar-refractivity contribution in [2.45, 2.75) is 77.5 Å². The second-order valence-corrected chi connectivity index (χ2v) is 9.25. The van der Waals surface area contributed by atoms with Gasteiger partial charge in [-0.1, -0.05) is 13.8 Å². The van der Waals surface area contributed by atoms with E-state index in [-0.39, 0.29) is 23.9 Å². The molecule has 0 heterocycles. The third-order valence-electron chi connectivity index (χ3n) is 8.36. The minimum atomic E-state index is -4.53. The Labute approximate surface area is 146 Å². The third-order valence-corrected chi connectivity index (χ3v) is 8.36. The third kappa shape index (κ3) is 2.30. The molecule has 0 amide bonds. The lowest BCUT2D eigenvalue weighted by molar-refractivity contribution is -0.135. The zero-order valence-electron chi connectivity index (χ0n) is 15.0. The number of allylic oxidation sites excluding steroid dienone is 1. The van der Waals surface area contributed by atoms with Gasteiger partial charge in [-0.3, -0.25) is 4.79 Å². The molecule has 0 aromatic heterocycles. The van der Waals surface area contributed by atoms with E-state index in [4.69, 9.17) is 0 Å². The molecule has 0 aromatic rings. The molecule has 4 rings (SSSR count). The second-order valence-electron chi connectivity index (χ2n) is 9.25. The summed E-state index contributed by atoms with van der Waals surface area (Å²) in [6, 6.07) is 0. The van der Waals surface area contributed by atoms with Crippen molar-refractivity contribution in [1.29, 1.82) is 0 Å². The maximum absolute atomic E-state index is 13.6. The number of aliphatic hydroxyl groups excluding tert-OH is 1. The van der Waals surface area contributed by atoms with E-state index in [9.17, 15) is 23.1 Å². The zero-order valence-corrected chi connectivity index (χ0v) is 15.0. The van der Waals surface area contributed by atoms with Gasteiger partial charge in [0.1, 0.15) is 0 Å². The molecule has 0 unspecified atom stereocenters. The van der Waals surface area contributed by atoms with E-state index in [2.05, 4.69) is 6.92 Å². The maximum atomic E-state index is 13.6. The van der Waals surface area contributed by atoms with Crippen LogP contribution in [0.15, 0.2) is 11.1 Å². The molecule has 0 saturated heterocycles. The molecule has 4 aliphatic carbocycles. The van der Waals surface area contributed by atoms with Crippen LogP contribution in [0.5, 0.6) is 0 Å². The van der Waals surface area contributed by atoms with E-state index in [1.54, 1.807) is 0 Å². The highest BCUT2D eigenvalue weighted by molar-refractivity contribution is 5.98. The van der Waals surface area contributed by atoms with Gasteiger partial charge in [-0.25, -0.2) is 0 Å². The Morgan fingerprint density at radius 2 is 1.72 bits per heavy atom. The number of aliphatic hydroxyl groups is 1. The topological polar surface area (TPSA) is 37.3 Å². The Morgan fingerprint density at radius 3 is 2.40 bits per heavy atom. The first kappa shape index (κ1) is 17.6. The van der Waals surface area contributed by atoms with Gasteiger partial charge in [-0.15, -0.1) is 0 Å². The molecule has 0 spiro atoms. The van der Waals surface area contributed by atoms with Crippen LogP contribution in [0.2, 0.25) is 0 Å². The summed E-state index contributed by atoms with van der Waals surface area (Å²) in [7, 11) is 0. The summed E-state index contributed by atoms with van der Waals surface area (Å²) in [6.07, 6.45) is 0.434. The minimum absolute atomic E-state index is 0.0165. The van der Waals surface area contributed by atoms with Gasteiger partial charge >= 0.3 is 6.18 Å². The molecule has 0 aliphatic heterocycles. The quantitative estimate of drug-likeness (QED) is 0.676. The molecule has 0 aromatic carbocycles. The van der Waals surface area contributed by atoms with Crippen molar-refractivity contribution >= 4 is 5.78 Å². The van der Waals surface area contributed by atoms with Crippen LogP contribution in [0.25, 0.3) is 0 Å². The first-order valence-electron chi connectivity index (χ1n) is 9.61. The van der Waals surface area contributed by atoms with Crippen LogP contribution in [0, 0.1) is 28.6 Å². The first-order chi connectivity index (χ1) is 11.6. The van der Waals surface area contributed by atoms with E-state index in [0.717, 1.165) is 32.1 Å². The van der Waals surface area contributed by atoms with Crippen LogP contribution in [0.4, 0.5) is 13.2 Å². The first-order valence-corrected chi connectivity index (χ1v) is 9.61. The van der Waals surface area contributed by atoms with Crippen molar-refractivity contribution in [3.63, 3.8) is 0 Å². The highest BCUT2D eigenvalue weighted by atomic mass is 19.4. The van der Waals surface area contributed by atoms with Crippen molar-refractivity contribution in [3.8, 4) is 0 Å². The Kier molecular flexibility index (Phi) is 3.75.